The molecule has 1 aromatic carbocycles. The van der Waals surface area contributed by atoms with Crippen LogP contribution >= 0.6 is 0 Å². The monoisotopic (exact) mass is 315 g/mol. The highest BCUT2D eigenvalue weighted by Gasteiger charge is 2.29. The average molecular weight is 315 g/mol. The van der Waals surface area contributed by atoms with Crippen LogP contribution in [0.5, 0.6) is 0 Å². The second-order valence-electron chi connectivity index (χ2n) is 7.10. The first-order valence-electron chi connectivity index (χ1n) is 9.23. The summed E-state index contributed by atoms with van der Waals surface area (Å²) >= 11 is 0. The summed E-state index contributed by atoms with van der Waals surface area (Å²) < 4.78 is 5.87. The van der Waals surface area contributed by atoms with E-state index in [2.05, 4.69) is 17.0 Å². The van der Waals surface area contributed by atoms with Crippen molar-refractivity contribution >= 4 is 5.91 Å². The normalized spacial score (nSPS) is 20.6. The lowest BCUT2D eigenvalue weighted by atomic mass is 9.87. The first-order valence-corrected chi connectivity index (χ1v) is 9.23. The molecule has 2 fully saturated rings. The summed E-state index contributed by atoms with van der Waals surface area (Å²) in [6.07, 6.45) is 8.18. The van der Waals surface area contributed by atoms with Gasteiger partial charge < -0.3 is 9.64 Å². The summed E-state index contributed by atoms with van der Waals surface area (Å²) in [4.78, 5) is 14.7. The molecular formula is C20H29NO2. The number of carbonyl (C=O) groups excluding carboxylic acids is 1. The van der Waals surface area contributed by atoms with Crippen LogP contribution in [0, 0.1) is 11.8 Å². The van der Waals surface area contributed by atoms with Gasteiger partial charge in [0.05, 0.1) is 6.61 Å². The molecule has 3 nitrogen and oxygen atoms in total. The molecule has 0 unspecified atom stereocenters. The van der Waals surface area contributed by atoms with Gasteiger partial charge in [-0.1, -0.05) is 49.6 Å². The number of likely N-dealkylation sites (tertiary alicyclic amines) is 1. The van der Waals surface area contributed by atoms with Gasteiger partial charge >= 0.3 is 0 Å². The predicted octanol–water partition coefficient (Wildman–Crippen LogP) is 4.02. The van der Waals surface area contributed by atoms with E-state index in [1.807, 2.05) is 18.2 Å². The number of ether oxygens (including phenoxy) is 1. The Bertz CT molecular complexity index is 474. The van der Waals surface area contributed by atoms with Crippen molar-refractivity contribution in [3.63, 3.8) is 0 Å². The van der Waals surface area contributed by atoms with Crippen molar-refractivity contribution in [3.05, 3.63) is 35.9 Å². The molecule has 0 radical (unpaired) electrons. The van der Waals surface area contributed by atoms with Gasteiger partial charge in [0, 0.05) is 25.6 Å². The molecule has 2 aliphatic rings. The lowest BCUT2D eigenvalue weighted by Crippen LogP contribution is -2.42. The Morgan fingerprint density at radius 1 is 1.00 bits per heavy atom. The van der Waals surface area contributed by atoms with Gasteiger partial charge in [0.1, 0.15) is 0 Å². The Balaban J connectivity index is 1.36. The van der Waals surface area contributed by atoms with E-state index in [0.717, 1.165) is 45.4 Å². The SMILES string of the molecule is O=C(C1CCCCC1)N1CCC(COCc2ccccc2)CC1. The number of hydrogen-bond donors (Lipinski definition) is 0. The van der Waals surface area contributed by atoms with Crippen molar-refractivity contribution in [1.82, 2.24) is 4.90 Å². The van der Waals surface area contributed by atoms with Crippen molar-refractivity contribution in [2.75, 3.05) is 19.7 Å². The molecule has 0 aromatic heterocycles. The number of benzene rings is 1. The van der Waals surface area contributed by atoms with Crippen molar-refractivity contribution in [2.45, 2.75) is 51.6 Å². The highest BCUT2D eigenvalue weighted by Crippen LogP contribution is 2.27. The molecule has 1 saturated heterocycles. The van der Waals surface area contributed by atoms with Crippen LogP contribution < -0.4 is 0 Å². The quantitative estimate of drug-likeness (QED) is 0.821. The van der Waals surface area contributed by atoms with Gasteiger partial charge in [-0.05, 0) is 37.2 Å². The van der Waals surface area contributed by atoms with Crippen LogP contribution in [0.15, 0.2) is 30.3 Å². The second kappa shape index (κ2) is 8.49. The van der Waals surface area contributed by atoms with E-state index in [1.54, 1.807) is 0 Å². The topological polar surface area (TPSA) is 29.5 Å². The molecule has 0 N–H and O–H groups in total. The largest absolute Gasteiger partial charge is 0.376 e. The van der Waals surface area contributed by atoms with Gasteiger partial charge in [0.2, 0.25) is 5.91 Å². The predicted molar refractivity (Wildman–Crippen MR) is 92.0 cm³/mol. The molecule has 1 aliphatic carbocycles. The number of nitrogens with zero attached hydrogens (tertiary/aromatic N) is 1. The molecule has 1 aromatic rings. The molecule has 3 rings (SSSR count). The van der Waals surface area contributed by atoms with E-state index >= 15 is 0 Å². The smallest absolute Gasteiger partial charge is 0.225 e. The summed E-state index contributed by atoms with van der Waals surface area (Å²) in [6, 6.07) is 10.3. The standard InChI is InChI=1S/C20H29NO2/c22-20(19-9-5-2-6-10-19)21-13-11-18(12-14-21)16-23-15-17-7-3-1-4-8-17/h1,3-4,7-8,18-19H,2,5-6,9-16H2. The lowest BCUT2D eigenvalue weighted by molar-refractivity contribution is -0.138. The van der Waals surface area contributed by atoms with E-state index in [4.69, 9.17) is 4.74 Å². The molecule has 1 heterocycles. The lowest BCUT2D eigenvalue weighted by Gasteiger charge is -2.35. The van der Waals surface area contributed by atoms with Gasteiger partial charge in [-0.25, -0.2) is 0 Å². The van der Waals surface area contributed by atoms with Gasteiger partial charge in [-0.15, -0.1) is 0 Å². The molecule has 1 amide bonds. The Hall–Kier alpha value is -1.35. The number of amides is 1. The summed E-state index contributed by atoms with van der Waals surface area (Å²) in [7, 11) is 0. The fourth-order valence-corrected chi connectivity index (χ4v) is 3.85. The molecular weight excluding hydrogens is 286 g/mol. The number of hydrogen-bond acceptors (Lipinski definition) is 2. The maximum Gasteiger partial charge on any atom is 0.225 e. The fourth-order valence-electron chi connectivity index (χ4n) is 3.85. The third kappa shape index (κ3) is 4.81. The minimum absolute atomic E-state index is 0.314. The zero-order valence-electron chi connectivity index (χ0n) is 14.1. The molecule has 126 valence electrons. The third-order valence-corrected chi connectivity index (χ3v) is 5.35. The minimum atomic E-state index is 0.314. The molecule has 3 heteroatoms. The molecule has 1 saturated carbocycles. The zero-order valence-corrected chi connectivity index (χ0v) is 14.1. The van der Waals surface area contributed by atoms with E-state index in [0.29, 0.717) is 24.3 Å². The zero-order chi connectivity index (χ0) is 15.9. The van der Waals surface area contributed by atoms with Crippen molar-refractivity contribution in [3.8, 4) is 0 Å². The first-order chi connectivity index (χ1) is 11.3. The van der Waals surface area contributed by atoms with Crippen LogP contribution in [-0.2, 0) is 16.1 Å². The van der Waals surface area contributed by atoms with Crippen LogP contribution in [0.1, 0.15) is 50.5 Å². The van der Waals surface area contributed by atoms with Gasteiger partial charge in [-0.2, -0.15) is 0 Å². The second-order valence-corrected chi connectivity index (χ2v) is 7.10. The molecule has 0 atom stereocenters. The van der Waals surface area contributed by atoms with E-state index in [9.17, 15) is 4.79 Å². The van der Waals surface area contributed by atoms with Crippen molar-refractivity contribution in [2.24, 2.45) is 11.8 Å². The van der Waals surface area contributed by atoms with Crippen molar-refractivity contribution < 1.29 is 9.53 Å². The summed E-state index contributed by atoms with van der Waals surface area (Å²) in [5.74, 6) is 1.34. The summed E-state index contributed by atoms with van der Waals surface area (Å²) in [5.41, 5.74) is 1.23. The van der Waals surface area contributed by atoms with Crippen LogP contribution in [0.2, 0.25) is 0 Å². The number of piperidine rings is 1. The van der Waals surface area contributed by atoms with Gasteiger partial charge in [0.15, 0.2) is 0 Å². The summed E-state index contributed by atoms with van der Waals surface area (Å²) in [5, 5.41) is 0. The Kier molecular flexibility index (Phi) is 6.09. The Morgan fingerprint density at radius 2 is 1.70 bits per heavy atom. The maximum atomic E-state index is 12.6. The summed E-state index contributed by atoms with van der Waals surface area (Å²) in [6.45, 7) is 3.37. The molecule has 0 spiro atoms. The van der Waals surface area contributed by atoms with Crippen LogP contribution in [0.3, 0.4) is 0 Å². The van der Waals surface area contributed by atoms with Gasteiger partial charge in [0.25, 0.3) is 0 Å². The molecule has 0 bridgehead atoms. The Labute approximate surface area is 140 Å². The first kappa shape index (κ1) is 16.5. The fraction of sp³-hybridized carbons (Fsp3) is 0.650. The third-order valence-electron chi connectivity index (χ3n) is 5.35. The van der Waals surface area contributed by atoms with Crippen LogP contribution in [0.4, 0.5) is 0 Å². The number of rotatable bonds is 5. The average Bonchev–Trinajstić information content (AvgIpc) is 2.63. The van der Waals surface area contributed by atoms with Gasteiger partial charge in [-0.3, -0.25) is 4.79 Å². The highest BCUT2D eigenvalue weighted by atomic mass is 16.5. The maximum absolute atomic E-state index is 12.6. The highest BCUT2D eigenvalue weighted by molar-refractivity contribution is 5.79. The Morgan fingerprint density at radius 3 is 2.39 bits per heavy atom. The van der Waals surface area contributed by atoms with E-state index in [-0.39, 0.29) is 0 Å². The van der Waals surface area contributed by atoms with Crippen LogP contribution in [0.25, 0.3) is 0 Å². The van der Waals surface area contributed by atoms with E-state index < -0.39 is 0 Å². The minimum Gasteiger partial charge on any atom is -0.376 e. The van der Waals surface area contributed by atoms with E-state index in [1.165, 1.54) is 24.8 Å². The molecule has 1 aliphatic heterocycles. The van der Waals surface area contributed by atoms with Crippen LogP contribution in [-0.4, -0.2) is 30.5 Å². The molecule has 23 heavy (non-hydrogen) atoms. The van der Waals surface area contributed by atoms with Crippen molar-refractivity contribution in [1.29, 1.82) is 0 Å². The number of carbonyl (C=O) groups is 1.